The van der Waals surface area contributed by atoms with Crippen molar-refractivity contribution in [1.82, 2.24) is 9.88 Å². The summed E-state index contributed by atoms with van der Waals surface area (Å²) in [7, 11) is 0. The summed E-state index contributed by atoms with van der Waals surface area (Å²) in [6.07, 6.45) is 4.80. The Labute approximate surface area is 106 Å². The van der Waals surface area contributed by atoms with E-state index in [1.807, 2.05) is 12.1 Å². The maximum atomic E-state index is 11.4. The maximum Gasteiger partial charge on any atom is 0.234 e. The summed E-state index contributed by atoms with van der Waals surface area (Å²) in [4.78, 5) is 17.7. The highest BCUT2D eigenvalue weighted by atomic mass is 16.1. The molecule has 0 saturated carbocycles. The van der Waals surface area contributed by atoms with E-state index in [0.717, 1.165) is 31.4 Å². The van der Waals surface area contributed by atoms with Crippen molar-refractivity contribution >= 4 is 11.7 Å². The van der Waals surface area contributed by atoms with Crippen molar-refractivity contribution in [3.63, 3.8) is 0 Å². The number of pyridine rings is 1. The van der Waals surface area contributed by atoms with Crippen molar-refractivity contribution in [2.24, 2.45) is 11.6 Å². The van der Waals surface area contributed by atoms with Crippen molar-refractivity contribution in [2.45, 2.75) is 31.8 Å². The van der Waals surface area contributed by atoms with Crippen LogP contribution in [0.3, 0.4) is 0 Å². The summed E-state index contributed by atoms with van der Waals surface area (Å²) in [5.74, 6) is 5.66. The second-order valence-corrected chi connectivity index (χ2v) is 4.58. The van der Waals surface area contributed by atoms with Gasteiger partial charge in [0.2, 0.25) is 5.91 Å². The number of hydrogen-bond donors (Lipinski definition) is 3. The number of hydrazine groups is 1. The summed E-state index contributed by atoms with van der Waals surface area (Å²) in [5, 5.41) is 0. The summed E-state index contributed by atoms with van der Waals surface area (Å²) >= 11 is 0. The van der Waals surface area contributed by atoms with Crippen LogP contribution in [0.5, 0.6) is 0 Å². The topological polar surface area (TPSA) is 97.3 Å². The Kier molecular flexibility index (Phi) is 4.11. The quantitative estimate of drug-likeness (QED) is 0.523. The van der Waals surface area contributed by atoms with Crippen LogP contribution in [0.2, 0.25) is 0 Å². The molecular formula is C12H19N5O. The highest BCUT2D eigenvalue weighted by Crippen LogP contribution is 2.19. The van der Waals surface area contributed by atoms with Crippen molar-refractivity contribution in [2.75, 3.05) is 12.0 Å². The number of carbonyl (C=O) groups excluding carboxylic acids is 1. The van der Waals surface area contributed by atoms with Crippen LogP contribution in [0, 0.1) is 0 Å². The molecule has 1 aromatic heterocycles. The Bertz CT molecular complexity index is 405. The first-order valence-electron chi connectivity index (χ1n) is 6.15. The minimum Gasteiger partial charge on any atom is -0.368 e. The molecule has 5 N–H and O–H groups in total. The smallest absolute Gasteiger partial charge is 0.234 e. The number of hydrogen-bond acceptors (Lipinski definition) is 5. The van der Waals surface area contributed by atoms with Crippen molar-refractivity contribution < 1.29 is 4.79 Å². The number of nitrogens with one attached hydrogen (secondary N) is 1. The number of primary amides is 1. The van der Waals surface area contributed by atoms with E-state index in [1.54, 1.807) is 6.20 Å². The maximum absolute atomic E-state index is 11.4. The number of nitrogens with zero attached hydrogens (tertiary/aromatic N) is 2. The van der Waals surface area contributed by atoms with Gasteiger partial charge in [0.15, 0.2) is 0 Å². The molecule has 6 heteroatoms. The molecule has 1 atom stereocenters. The fourth-order valence-electron chi connectivity index (χ4n) is 2.34. The van der Waals surface area contributed by atoms with Gasteiger partial charge in [-0.15, -0.1) is 0 Å². The minimum atomic E-state index is -0.233. The highest BCUT2D eigenvalue weighted by molar-refractivity contribution is 5.79. The van der Waals surface area contributed by atoms with Crippen molar-refractivity contribution in [3.05, 3.63) is 23.9 Å². The first-order chi connectivity index (χ1) is 8.70. The molecule has 2 heterocycles. The molecule has 2 rings (SSSR count). The van der Waals surface area contributed by atoms with Crippen molar-refractivity contribution in [1.29, 1.82) is 0 Å². The normalized spacial score (nSPS) is 20.6. The molecule has 1 aromatic rings. The lowest BCUT2D eigenvalue weighted by Gasteiger charge is -2.33. The van der Waals surface area contributed by atoms with Crippen molar-refractivity contribution in [3.8, 4) is 0 Å². The van der Waals surface area contributed by atoms with E-state index in [1.165, 1.54) is 0 Å². The molecule has 0 bridgehead atoms. The Hall–Kier alpha value is -1.66. The monoisotopic (exact) mass is 249 g/mol. The van der Waals surface area contributed by atoms with Gasteiger partial charge >= 0.3 is 0 Å². The van der Waals surface area contributed by atoms with Gasteiger partial charge in [-0.25, -0.2) is 10.8 Å². The van der Waals surface area contributed by atoms with E-state index in [0.29, 0.717) is 12.4 Å². The van der Waals surface area contributed by atoms with Crippen LogP contribution in [-0.4, -0.2) is 28.4 Å². The van der Waals surface area contributed by atoms with E-state index >= 15 is 0 Å². The average molecular weight is 249 g/mol. The van der Waals surface area contributed by atoms with Gasteiger partial charge in [0.05, 0.1) is 6.04 Å². The van der Waals surface area contributed by atoms with Gasteiger partial charge in [0.25, 0.3) is 0 Å². The molecule has 0 aromatic carbocycles. The number of piperidine rings is 1. The molecule has 1 fully saturated rings. The predicted molar refractivity (Wildman–Crippen MR) is 69.3 cm³/mol. The highest BCUT2D eigenvalue weighted by Gasteiger charge is 2.26. The second-order valence-electron chi connectivity index (χ2n) is 4.58. The zero-order valence-electron chi connectivity index (χ0n) is 10.3. The lowest BCUT2D eigenvalue weighted by molar-refractivity contribution is -0.124. The molecule has 1 aliphatic heterocycles. The largest absolute Gasteiger partial charge is 0.368 e. The van der Waals surface area contributed by atoms with Gasteiger partial charge in [-0.3, -0.25) is 9.69 Å². The van der Waals surface area contributed by atoms with Crippen LogP contribution in [-0.2, 0) is 11.3 Å². The van der Waals surface area contributed by atoms with Crippen LogP contribution in [0.1, 0.15) is 24.8 Å². The van der Waals surface area contributed by atoms with Gasteiger partial charge in [0, 0.05) is 12.7 Å². The zero-order valence-corrected chi connectivity index (χ0v) is 10.3. The van der Waals surface area contributed by atoms with E-state index in [2.05, 4.69) is 15.3 Å². The molecule has 1 unspecified atom stereocenters. The molecule has 0 aliphatic carbocycles. The first kappa shape index (κ1) is 12.8. The number of rotatable bonds is 4. The zero-order chi connectivity index (χ0) is 13.0. The lowest BCUT2D eigenvalue weighted by Crippen LogP contribution is -2.47. The number of carbonyl (C=O) groups is 1. The summed E-state index contributed by atoms with van der Waals surface area (Å²) in [5.41, 5.74) is 8.98. The number of nitrogen functional groups attached to an aromatic ring is 1. The molecule has 1 aliphatic rings. The molecule has 0 spiro atoms. The predicted octanol–water partition coefficient (Wildman–Crippen LogP) is 0.207. The van der Waals surface area contributed by atoms with E-state index in [-0.39, 0.29) is 11.9 Å². The Morgan fingerprint density at radius 2 is 2.33 bits per heavy atom. The SMILES string of the molecule is NNc1ccc(CN2CCCCC2C(N)=O)cn1. The molecule has 0 radical (unpaired) electrons. The number of likely N-dealkylation sites (tertiary alicyclic amines) is 1. The Morgan fingerprint density at radius 1 is 1.50 bits per heavy atom. The number of nitrogens with two attached hydrogens (primary N) is 2. The molecule has 6 nitrogen and oxygen atoms in total. The molecule has 1 saturated heterocycles. The van der Waals surface area contributed by atoms with E-state index in [4.69, 9.17) is 11.6 Å². The number of aromatic nitrogens is 1. The Morgan fingerprint density at radius 3 is 2.94 bits per heavy atom. The molecule has 18 heavy (non-hydrogen) atoms. The molecular weight excluding hydrogens is 230 g/mol. The number of anilines is 1. The first-order valence-corrected chi connectivity index (χ1v) is 6.15. The summed E-state index contributed by atoms with van der Waals surface area (Å²) in [6.45, 7) is 1.61. The van der Waals surface area contributed by atoms with Crippen LogP contribution in [0.25, 0.3) is 0 Å². The van der Waals surface area contributed by atoms with E-state index in [9.17, 15) is 4.79 Å². The summed E-state index contributed by atoms with van der Waals surface area (Å²) in [6, 6.07) is 3.62. The van der Waals surface area contributed by atoms with Gasteiger partial charge in [0.1, 0.15) is 5.82 Å². The van der Waals surface area contributed by atoms with Gasteiger partial charge in [-0.2, -0.15) is 0 Å². The van der Waals surface area contributed by atoms with Crippen LogP contribution in [0.15, 0.2) is 18.3 Å². The third-order valence-corrected chi connectivity index (χ3v) is 3.30. The third kappa shape index (κ3) is 2.96. The minimum absolute atomic E-state index is 0.147. The fourth-order valence-corrected chi connectivity index (χ4v) is 2.34. The van der Waals surface area contributed by atoms with E-state index < -0.39 is 0 Å². The Balaban J connectivity index is 2.03. The van der Waals surface area contributed by atoms with Crippen LogP contribution >= 0.6 is 0 Å². The van der Waals surface area contributed by atoms with Gasteiger partial charge in [-0.1, -0.05) is 12.5 Å². The van der Waals surface area contributed by atoms with Gasteiger partial charge < -0.3 is 11.2 Å². The molecule has 98 valence electrons. The number of amides is 1. The van der Waals surface area contributed by atoms with Crippen LogP contribution < -0.4 is 17.0 Å². The third-order valence-electron chi connectivity index (χ3n) is 3.30. The second kappa shape index (κ2) is 5.79. The lowest BCUT2D eigenvalue weighted by atomic mass is 10.0. The molecule has 1 amide bonds. The van der Waals surface area contributed by atoms with Gasteiger partial charge in [-0.05, 0) is 31.0 Å². The average Bonchev–Trinajstić information content (AvgIpc) is 2.40. The fraction of sp³-hybridized carbons (Fsp3) is 0.500. The summed E-state index contributed by atoms with van der Waals surface area (Å²) < 4.78 is 0. The standard InChI is InChI=1S/C12H19N5O/c13-12(18)10-3-1-2-6-17(10)8-9-4-5-11(16-14)15-7-9/h4-5,7,10H,1-3,6,8,14H2,(H2,13,18)(H,15,16). The van der Waals surface area contributed by atoms with Crippen LogP contribution in [0.4, 0.5) is 5.82 Å².